The van der Waals surface area contributed by atoms with Gasteiger partial charge in [-0.3, -0.25) is 4.79 Å². The van der Waals surface area contributed by atoms with E-state index >= 15 is 0 Å². The maximum Gasteiger partial charge on any atom is 0.407 e. The van der Waals surface area contributed by atoms with E-state index in [-0.39, 0.29) is 5.78 Å². The summed E-state index contributed by atoms with van der Waals surface area (Å²) in [5.74, 6) is -0.101. The standard InChI is InChI=1S/C14H16N2O3/c1-9(17)13(16-14(18)19-2)7-10-8-15-12-6-4-3-5-11(10)12/h3-6,8,13,15H,7H2,1-2H3,(H,16,18). The SMILES string of the molecule is COC(=O)NC(Cc1c[nH]c2ccccc12)C(C)=O. The van der Waals surface area contributed by atoms with Crippen molar-refractivity contribution in [3.63, 3.8) is 0 Å². The molecule has 0 spiro atoms. The van der Waals surface area contributed by atoms with Gasteiger partial charge in [-0.25, -0.2) is 4.79 Å². The number of H-pyrrole nitrogens is 1. The van der Waals surface area contributed by atoms with Crippen molar-refractivity contribution in [1.29, 1.82) is 0 Å². The second-order valence-corrected chi connectivity index (χ2v) is 4.36. The number of rotatable bonds is 4. The highest BCUT2D eigenvalue weighted by atomic mass is 16.5. The quantitative estimate of drug-likeness (QED) is 0.883. The average molecular weight is 260 g/mol. The van der Waals surface area contributed by atoms with Gasteiger partial charge in [-0.05, 0) is 18.6 Å². The molecule has 0 radical (unpaired) electrons. The first-order valence-electron chi connectivity index (χ1n) is 6.01. The van der Waals surface area contributed by atoms with Gasteiger partial charge in [-0.1, -0.05) is 18.2 Å². The van der Waals surface area contributed by atoms with E-state index in [2.05, 4.69) is 15.0 Å². The number of hydrogen-bond acceptors (Lipinski definition) is 3. The number of fused-ring (bicyclic) bond motifs is 1. The number of amides is 1. The molecule has 19 heavy (non-hydrogen) atoms. The Morgan fingerprint density at radius 2 is 2.11 bits per heavy atom. The van der Waals surface area contributed by atoms with Crippen molar-refractivity contribution in [3.8, 4) is 0 Å². The van der Waals surface area contributed by atoms with Crippen LogP contribution in [0.3, 0.4) is 0 Å². The lowest BCUT2D eigenvalue weighted by Crippen LogP contribution is -2.41. The van der Waals surface area contributed by atoms with Crippen LogP contribution in [0.4, 0.5) is 4.79 Å². The van der Waals surface area contributed by atoms with E-state index in [0.717, 1.165) is 16.5 Å². The molecule has 2 rings (SSSR count). The number of carbonyl (C=O) groups is 2. The van der Waals surface area contributed by atoms with Gasteiger partial charge in [-0.2, -0.15) is 0 Å². The van der Waals surface area contributed by atoms with Crippen LogP contribution in [-0.4, -0.2) is 30.0 Å². The molecule has 0 aliphatic heterocycles. The summed E-state index contributed by atoms with van der Waals surface area (Å²) in [4.78, 5) is 25.9. The lowest BCUT2D eigenvalue weighted by atomic mass is 10.0. The number of carbonyl (C=O) groups excluding carboxylic acids is 2. The van der Waals surface area contributed by atoms with Gasteiger partial charge in [0, 0.05) is 23.5 Å². The topological polar surface area (TPSA) is 71.2 Å². The van der Waals surface area contributed by atoms with Crippen LogP contribution in [0.2, 0.25) is 0 Å². The number of Topliss-reactive ketones (excluding diaryl/α,β-unsaturated/α-hetero) is 1. The molecule has 100 valence electrons. The highest BCUT2D eigenvalue weighted by Crippen LogP contribution is 2.19. The third kappa shape index (κ3) is 2.93. The molecule has 2 N–H and O–H groups in total. The number of aromatic nitrogens is 1. The fraction of sp³-hybridized carbons (Fsp3) is 0.286. The Kier molecular flexibility index (Phi) is 3.85. The number of ether oxygens (including phenoxy) is 1. The highest BCUT2D eigenvalue weighted by molar-refractivity contribution is 5.88. The minimum Gasteiger partial charge on any atom is -0.453 e. The van der Waals surface area contributed by atoms with Gasteiger partial charge in [0.05, 0.1) is 13.2 Å². The Labute approximate surface area is 110 Å². The van der Waals surface area contributed by atoms with Gasteiger partial charge in [0.25, 0.3) is 0 Å². The van der Waals surface area contributed by atoms with E-state index in [9.17, 15) is 9.59 Å². The summed E-state index contributed by atoms with van der Waals surface area (Å²) in [5.41, 5.74) is 2.00. The fourth-order valence-electron chi connectivity index (χ4n) is 2.02. The van der Waals surface area contributed by atoms with Crippen molar-refractivity contribution < 1.29 is 14.3 Å². The van der Waals surface area contributed by atoms with Crippen molar-refractivity contribution in [1.82, 2.24) is 10.3 Å². The van der Waals surface area contributed by atoms with Crippen molar-refractivity contribution in [2.75, 3.05) is 7.11 Å². The summed E-state index contributed by atoms with van der Waals surface area (Å²) < 4.78 is 4.53. The highest BCUT2D eigenvalue weighted by Gasteiger charge is 2.19. The zero-order valence-electron chi connectivity index (χ0n) is 10.9. The summed E-state index contributed by atoms with van der Waals surface area (Å²) in [7, 11) is 1.28. The van der Waals surface area contributed by atoms with Crippen LogP contribution in [0.15, 0.2) is 30.5 Å². The molecule has 1 unspecified atom stereocenters. The predicted octanol–water partition coefficient (Wildman–Crippen LogP) is 2.02. The van der Waals surface area contributed by atoms with E-state index in [0.29, 0.717) is 6.42 Å². The molecule has 0 aliphatic rings. The van der Waals surface area contributed by atoms with E-state index < -0.39 is 12.1 Å². The van der Waals surface area contributed by atoms with Crippen molar-refractivity contribution in [2.24, 2.45) is 0 Å². The number of hydrogen-bond donors (Lipinski definition) is 2. The van der Waals surface area contributed by atoms with Gasteiger partial charge >= 0.3 is 6.09 Å². The molecule has 0 fully saturated rings. The summed E-state index contributed by atoms with van der Waals surface area (Å²) in [6.45, 7) is 1.45. The first-order chi connectivity index (χ1) is 9.11. The smallest absolute Gasteiger partial charge is 0.407 e. The Bertz CT molecular complexity index is 604. The molecule has 0 bridgehead atoms. The molecule has 0 aliphatic carbocycles. The molecule has 1 amide bonds. The molecule has 1 aromatic heterocycles. The molecule has 5 nitrogen and oxygen atoms in total. The van der Waals surface area contributed by atoms with Crippen LogP contribution in [0.5, 0.6) is 0 Å². The van der Waals surface area contributed by atoms with Gasteiger partial charge in [0.1, 0.15) is 0 Å². The summed E-state index contributed by atoms with van der Waals surface area (Å²) in [6.07, 6.45) is 1.70. The monoisotopic (exact) mass is 260 g/mol. The van der Waals surface area contributed by atoms with Gasteiger partial charge in [-0.15, -0.1) is 0 Å². The molecule has 0 saturated carbocycles. The zero-order chi connectivity index (χ0) is 13.8. The summed E-state index contributed by atoms with van der Waals surface area (Å²) in [5, 5.41) is 3.60. The number of methoxy groups -OCH3 is 1. The molecule has 1 atom stereocenters. The third-order valence-corrected chi connectivity index (χ3v) is 3.07. The van der Waals surface area contributed by atoms with E-state index in [4.69, 9.17) is 0 Å². The Hall–Kier alpha value is -2.30. The lowest BCUT2D eigenvalue weighted by Gasteiger charge is -2.14. The maximum atomic E-state index is 11.6. The Morgan fingerprint density at radius 1 is 1.37 bits per heavy atom. The molecular weight excluding hydrogens is 244 g/mol. The van der Waals surface area contributed by atoms with Gasteiger partial charge < -0.3 is 15.0 Å². The van der Waals surface area contributed by atoms with Crippen LogP contribution in [0, 0.1) is 0 Å². The number of nitrogens with one attached hydrogen (secondary N) is 2. The number of benzene rings is 1. The second kappa shape index (κ2) is 5.56. The number of para-hydroxylation sites is 1. The van der Waals surface area contributed by atoms with Crippen LogP contribution in [-0.2, 0) is 16.0 Å². The summed E-state index contributed by atoms with van der Waals surface area (Å²) in [6, 6.07) is 7.26. The average Bonchev–Trinajstić information content (AvgIpc) is 2.81. The first-order valence-corrected chi connectivity index (χ1v) is 6.01. The molecule has 1 aromatic carbocycles. The molecule has 1 heterocycles. The Balaban J connectivity index is 2.21. The van der Waals surface area contributed by atoms with E-state index in [1.54, 1.807) is 0 Å². The lowest BCUT2D eigenvalue weighted by molar-refractivity contribution is -0.118. The number of alkyl carbamates (subject to hydrolysis) is 1. The first kappa shape index (κ1) is 13.1. The maximum absolute atomic E-state index is 11.6. The van der Waals surface area contributed by atoms with Gasteiger partial charge in [0.2, 0.25) is 0 Å². The number of ketones is 1. The largest absolute Gasteiger partial charge is 0.453 e. The fourth-order valence-corrected chi connectivity index (χ4v) is 2.02. The van der Waals surface area contributed by atoms with Crippen LogP contribution in [0.1, 0.15) is 12.5 Å². The van der Waals surface area contributed by atoms with Crippen LogP contribution >= 0.6 is 0 Å². The van der Waals surface area contributed by atoms with Gasteiger partial charge in [0.15, 0.2) is 5.78 Å². The predicted molar refractivity (Wildman–Crippen MR) is 72.0 cm³/mol. The van der Waals surface area contributed by atoms with E-state index in [1.165, 1.54) is 14.0 Å². The normalized spacial score (nSPS) is 12.1. The Morgan fingerprint density at radius 3 is 2.79 bits per heavy atom. The van der Waals surface area contributed by atoms with Crippen LogP contribution in [0.25, 0.3) is 10.9 Å². The van der Waals surface area contributed by atoms with Crippen molar-refractivity contribution in [2.45, 2.75) is 19.4 Å². The van der Waals surface area contributed by atoms with Crippen molar-refractivity contribution in [3.05, 3.63) is 36.0 Å². The van der Waals surface area contributed by atoms with Crippen molar-refractivity contribution >= 4 is 22.8 Å². The third-order valence-electron chi connectivity index (χ3n) is 3.07. The number of aromatic amines is 1. The van der Waals surface area contributed by atoms with E-state index in [1.807, 2.05) is 30.5 Å². The van der Waals surface area contributed by atoms with Crippen LogP contribution < -0.4 is 5.32 Å². The molecule has 5 heteroatoms. The summed E-state index contributed by atoms with van der Waals surface area (Å²) >= 11 is 0. The minimum absolute atomic E-state index is 0.101. The minimum atomic E-state index is -0.597. The molecule has 0 saturated heterocycles. The molecule has 2 aromatic rings. The molecular formula is C14H16N2O3. The second-order valence-electron chi connectivity index (χ2n) is 4.36. The zero-order valence-corrected chi connectivity index (χ0v) is 10.9.